The van der Waals surface area contributed by atoms with E-state index in [4.69, 9.17) is 4.74 Å². The second-order valence-corrected chi connectivity index (χ2v) is 3.94. The van der Waals surface area contributed by atoms with Crippen LogP contribution >= 0.6 is 0 Å². The first-order valence-corrected chi connectivity index (χ1v) is 6.03. The van der Waals surface area contributed by atoms with Crippen molar-refractivity contribution in [3.8, 4) is 5.75 Å². The molecular formula is C13H21BNO. The maximum absolute atomic E-state index is 5.14. The highest BCUT2D eigenvalue weighted by atomic mass is 16.5. The molecule has 0 saturated heterocycles. The van der Waals surface area contributed by atoms with Gasteiger partial charge >= 0.3 is 0 Å². The SMILES string of the molecule is CCCN([B]c1ccc(OC)cc1)CCC. The molecule has 87 valence electrons. The standard InChI is InChI=1S/C13H21BNO/c1-4-10-15(11-5-2)14-12-6-8-13(16-3)9-7-12/h6-9H,4-5,10-11H2,1-3H3. The van der Waals surface area contributed by atoms with E-state index in [0.29, 0.717) is 0 Å². The van der Waals surface area contributed by atoms with Crippen LogP contribution in [0.4, 0.5) is 0 Å². The van der Waals surface area contributed by atoms with E-state index >= 15 is 0 Å². The summed E-state index contributed by atoms with van der Waals surface area (Å²) in [6, 6.07) is 8.19. The van der Waals surface area contributed by atoms with Crippen LogP contribution in [0.3, 0.4) is 0 Å². The van der Waals surface area contributed by atoms with Crippen molar-refractivity contribution >= 4 is 12.9 Å². The maximum atomic E-state index is 5.14. The highest BCUT2D eigenvalue weighted by Gasteiger charge is 2.06. The molecule has 0 aromatic heterocycles. The fourth-order valence-electron chi connectivity index (χ4n) is 1.72. The molecule has 0 N–H and O–H groups in total. The molecule has 0 aliphatic carbocycles. The molecule has 0 spiro atoms. The van der Waals surface area contributed by atoms with Gasteiger partial charge in [0.2, 0.25) is 7.41 Å². The molecule has 0 aliphatic rings. The Bertz CT molecular complexity index is 280. The van der Waals surface area contributed by atoms with Gasteiger partial charge < -0.3 is 9.55 Å². The summed E-state index contributed by atoms with van der Waals surface area (Å²) in [6.07, 6.45) is 2.37. The maximum Gasteiger partial charge on any atom is 0.247 e. The summed E-state index contributed by atoms with van der Waals surface area (Å²) in [7, 11) is 3.92. The molecule has 1 radical (unpaired) electrons. The van der Waals surface area contributed by atoms with Crippen LogP contribution in [0.2, 0.25) is 0 Å². The number of rotatable bonds is 7. The van der Waals surface area contributed by atoms with Crippen LogP contribution in [-0.2, 0) is 0 Å². The topological polar surface area (TPSA) is 12.5 Å². The Balaban J connectivity index is 2.54. The second kappa shape index (κ2) is 7.34. The zero-order valence-electron chi connectivity index (χ0n) is 10.6. The molecule has 0 aliphatic heterocycles. The molecule has 0 bridgehead atoms. The van der Waals surface area contributed by atoms with Gasteiger partial charge in [0.1, 0.15) is 5.75 Å². The molecule has 0 saturated carbocycles. The van der Waals surface area contributed by atoms with Gasteiger partial charge in [-0.1, -0.05) is 31.4 Å². The minimum atomic E-state index is 0.912. The minimum absolute atomic E-state index is 0.912. The monoisotopic (exact) mass is 218 g/mol. The molecule has 0 heterocycles. The Morgan fingerprint density at radius 2 is 1.62 bits per heavy atom. The molecule has 0 amide bonds. The minimum Gasteiger partial charge on any atom is -0.497 e. The van der Waals surface area contributed by atoms with Gasteiger partial charge in [-0.15, -0.1) is 0 Å². The molecule has 0 fully saturated rings. The molecule has 0 atom stereocenters. The zero-order valence-corrected chi connectivity index (χ0v) is 10.6. The Morgan fingerprint density at radius 3 is 2.06 bits per heavy atom. The molecule has 1 rings (SSSR count). The van der Waals surface area contributed by atoms with Gasteiger partial charge in [0.05, 0.1) is 7.11 Å². The molecule has 2 nitrogen and oxygen atoms in total. The van der Waals surface area contributed by atoms with Gasteiger partial charge in [0, 0.05) is 0 Å². The van der Waals surface area contributed by atoms with Crippen LogP contribution in [0.5, 0.6) is 5.75 Å². The van der Waals surface area contributed by atoms with Crippen LogP contribution < -0.4 is 10.2 Å². The third kappa shape index (κ3) is 4.27. The van der Waals surface area contributed by atoms with Crippen LogP contribution in [0, 0.1) is 0 Å². The summed E-state index contributed by atoms with van der Waals surface area (Å²) in [5, 5.41) is 0. The van der Waals surface area contributed by atoms with Crippen LogP contribution in [-0.4, -0.2) is 32.4 Å². The Kier molecular flexibility index (Phi) is 6.01. The zero-order chi connectivity index (χ0) is 11.8. The van der Waals surface area contributed by atoms with E-state index in [0.717, 1.165) is 18.8 Å². The summed E-state index contributed by atoms with van der Waals surface area (Å²) in [6.45, 7) is 6.68. The number of hydrogen-bond donors (Lipinski definition) is 0. The average molecular weight is 218 g/mol. The van der Waals surface area contributed by atoms with E-state index in [2.05, 4.69) is 38.2 Å². The molecular weight excluding hydrogens is 197 g/mol. The van der Waals surface area contributed by atoms with Gasteiger partial charge in [-0.05, 0) is 38.1 Å². The third-order valence-electron chi connectivity index (χ3n) is 2.47. The van der Waals surface area contributed by atoms with Gasteiger partial charge in [0.25, 0.3) is 0 Å². The highest BCUT2D eigenvalue weighted by molar-refractivity contribution is 6.50. The van der Waals surface area contributed by atoms with Crippen molar-refractivity contribution < 1.29 is 4.74 Å². The summed E-state index contributed by atoms with van der Waals surface area (Å²) >= 11 is 0. The number of methoxy groups -OCH3 is 1. The third-order valence-corrected chi connectivity index (χ3v) is 2.47. The predicted octanol–water partition coefficient (Wildman–Crippen LogP) is 2.06. The molecule has 1 aromatic carbocycles. The van der Waals surface area contributed by atoms with E-state index in [1.807, 2.05) is 12.1 Å². The Morgan fingerprint density at radius 1 is 1.06 bits per heavy atom. The fourth-order valence-corrected chi connectivity index (χ4v) is 1.72. The lowest BCUT2D eigenvalue weighted by molar-refractivity contribution is 0.415. The number of hydrogen-bond acceptors (Lipinski definition) is 2. The molecule has 3 heteroatoms. The summed E-state index contributed by atoms with van der Waals surface area (Å²) < 4.78 is 5.14. The molecule has 0 unspecified atom stereocenters. The number of nitrogens with zero attached hydrogens (tertiary/aromatic N) is 1. The van der Waals surface area contributed by atoms with Gasteiger partial charge in [0.15, 0.2) is 0 Å². The highest BCUT2D eigenvalue weighted by Crippen LogP contribution is 2.05. The van der Waals surface area contributed by atoms with Gasteiger partial charge in [-0.3, -0.25) is 0 Å². The van der Waals surface area contributed by atoms with Crippen LogP contribution in [0.25, 0.3) is 0 Å². The number of benzene rings is 1. The van der Waals surface area contributed by atoms with Crippen LogP contribution in [0.1, 0.15) is 26.7 Å². The van der Waals surface area contributed by atoms with Crippen LogP contribution in [0.15, 0.2) is 24.3 Å². The second-order valence-electron chi connectivity index (χ2n) is 3.94. The lowest BCUT2D eigenvalue weighted by Crippen LogP contribution is -2.36. The van der Waals surface area contributed by atoms with Crippen molar-refractivity contribution in [2.75, 3.05) is 20.2 Å². The van der Waals surface area contributed by atoms with E-state index in [-0.39, 0.29) is 0 Å². The Hall–Kier alpha value is -0.955. The van der Waals surface area contributed by atoms with Crippen molar-refractivity contribution in [3.05, 3.63) is 24.3 Å². The van der Waals surface area contributed by atoms with E-state index in [1.165, 1.54) is 18.3 Å². The normalized spacial score (nSPS) is 10.5. The first-order chi connectivity index (χ1) is 7.80. The van der Waals surface area contributed by atoms with Gasteiger partial charge in [-0.2, -0.15) is 0 Å². The summed E-state index contributed by atoms with van der Waals surface area (Å²) in [5.41, 5.74) is 1.24. The first kappa shape index (κ1) is 13.1. The van der Waals surface area contributed by atoms with E-state index in [9.17, 15) is 0 Å². The molecule has 16 heavy (non-hydrogen) atoms. The Labute approximate surface area is 99.9 Å². The summed E-state index contributed by atoms with van der Waals surface area (Å²) in [4.78, 5) is 2.38. The van der Waals surface area contributed by atoms with Crippen molar-refractivity contribution in [2.45, 2.75) is 26.7 Å². The first-order valence-electron chi connectivity index (χ1n) is 6.03. The lowest BCUT2D eigenvalue weighted by atomic mass is 9.80. The lowest BCUT2D eigenvalue weighted by Gasteiger charge is -2.20. The quantitative estimate of drug-likeness (QED) is 0.649. The van der Waals surface area contributed by atoms with E-state index < -0.39 is 0 Å². The molecule has 1 aromatic rings. The average Bonchev–Trinajstić information content (AvgIpc) is 2.31. The van der Waals surface area contributed by atoms with Crippen molar-refractivity contribution in [1.82, 2.24) is 4.81 Å². The van der Waals surface area contributed by atoms with E-state index in [1.54, 1.807) is 7.11 Å². The van der Waals surface area contributed by atoms with Gasteiger partial charge in [-0.25, -0.2) is 0 Å². The smallest absolute Gasteiger partial charge is 0.247 e. The van der Waals surface area contributed by atoms with Crippen molar-refractivity contribution in [2.24, 2.45) is 0 Å². The van der Waals surface area contributed by atoms with Crippen molar-refractivity contribution in [3.63, 3.8) is 0 Å². The van der Waals surface area contributed by atoms with Crippen molar-refractivity contribution in [1.29, 1.82) is 0 Å². The fraction of sp³-hybridized carbons (Fsp3) is 0.538. The summed E-state index contributed by atoms with van der Waals surface area (Å²) in [5.74, 6) is 0.912. The predicted molar refractivity (Wildman–Crippen MR) is 70.5 cm³/mol. The number of ether oxygens (including phenoxy) is 1. The largest absolute Gasteiger partial charge is 0.497 e.